The van der Waals surface area contributed by atoms with Crippen molar-refractivity contribution in [1.82, 2.24) is 10.6 Å². The summed E-state index contributed by atoms with van der Waals surface area (Å²) in [5.41, 5.74) is 6.78. The molecule has 0 spiro atoms. The van der Waals surface area contributed by atoms with Gasteiger partial charge < -0.3 is 25.8 Å². The molecule has 2 amide bonds. The van der Waals surface area contributed by atoms with Gasteiger partial charge in [0, 0.05) is 6.54 Å². The van der Waals surface area contributed by atoms with E-state index < -0.39 is 30.1 Å². The third-order valence-electron chi connectivity index (χ3n) is 4.02. The minimum absolute atomic E-state index is 0.194. The van der Waals surface area contributed by atoms with Crippen molar-refractivity contribution in [3.8, 4) is 0 Å². The van der Waals surface area contributed by atoms with Gasteiger partial charge in [-0.3, -0.25) is 4.79 Å². The van der Waals surface area contributed by atoms with Gasteiger partial charge in [0.25, 0.3) is 0 Å². The van der Waals surface area contributed by atoms with E-state index >= 15 is 0 Å². The van der Waals surface area contributed by atoms with E-state index in [2.05, 4.69) is 10.6 Å². The van der Waals surface area contributed by atoms with Crippen LogP contribution >= 0.6 is 0 Å². The fourth-order valence-electron chi connectivity index (χ4n) is 2.52. The topological polar surface area (TPSA) is 120 Å². The predicted octanol–water partition coefficient (Wildman–Crippen LogP) is 1.72. The van der Waals surface area contributed by atoms with Crippen LogP contribution in [0.5, 0.6) is 0 Å². The Labute approximate surface area is 166 Å². The number of nitrogens with one attached hydrogen (secondary N) is 2. The van der Waals surface area contributed by atoms with Gasteiger partial charge in [-0.15, -0.1) is 0 Å². The number of ether oxygens (including phenoxy) is 2. The number of rotatable bonds is 11. The van der Waals surface area contributed by atoms with Gasteiger partial charge in [-0.1, -0.05) is 44.2 Å². The smallest absolute Gasteiger partial charge is 0.407 e. The number of alkyl carbamates (subject to hydrolysis) is 1. The van der Waals surface area contributed by atoms with Crippen LogP contribution in [0.2, 0.25) is 0 Å². The monoisotopic (exact) mass is 393 g/mol. The zero-order valence-electron chi connectivity index (χ0n) is 16.8. The van der Waals surface area contributed by atoms with E-state index in [1.807, 2.05) is 44.2 Å². The van der Waals surface area contributed by atoms with Crippen LogP contribution in [0.3, 0.4) is 0 Å². The minimum atomic E-state index is -0.776. The molecule has 0 bridgehead atoms. The number of hydrogen-bond acceptors (Lipinski definition) is 6. The summed E-state index contributed by atoms with van der Waals surface area (Å²) in [7, 11) is 1.28. The molecule has 0 aliphatic rings. The molecule has 0 aliphatic carbocycles. The number of carbonyl (C=O) groups is 3. The first-order chi connectivity index (χ1) is 13.3. The summed E-state index contributed by atoms with van der Waals surface area (Å²) in [6.07, 6.45) is 0.812. The summed E-state index contributed by atoms with van der Waals surface area (Å²) < 4.78 is 9.82. The van der Waals surface area contributed by atoms with Gasteiger partial charge in [-0.05, 0) is 30.7 Å². The summed E-state index contributed by atoms with van der Waals surface area (Å²) in [4.78, 5) is 35.6. The molecular formula is C20H31N3O5. The van der Waals surface area contributed by atoms with Gasteiger partial charge in [-0.2, -0.15) is 0 Å². The molecule has 0 radical (unpaired) electrons. The second-order valence-corrected chi connectivity index (χ2v) is 6.95. The quantitative estimate of drug-likeness (QED) is 0.389. The Morgan fingerprint density at radius 2 is 1.82 bits per heavy atom. The molecule has 0 fully saturated rings. The molecule has 0 unspecified atom stereocenters. The van der Waals surface area contributed by atoms with Crippen molar-refractivity contribution in [2.24, 2.45) is 11.7 Å². The second kappa shape index (κ2) is 12.7. The van der Waals surface area contributed by atoms with Crippen LogP contribution < -0.4 is 16.4 Å². The lowest BCUT2D eigenvalue weighted by molar-refractivity contribution is -0.145. The van der Waals surface area contributed by atoms with Gasteiger partial charge in [0.2, 0.25) is 5.91 Å². The Balaban J connectivity index is 2.26. The molecule has 28 heavy (non-hydrogen) atoms. The standard InChI is InChI=1S/C20H31N3O5/c1-14(2)12-17(19(25)27-3)23-18(24)16(21)10-7-11-22-20(26)28-13-15-8-5-4-6-9-15/h4-6,8-9,14,16-17H,7,10-13,21H2,1-3H3,(H,22,26)(H,23,24)/t16-,17-/m0/s1. The van der Waals surface area contributed by atoms with Gasteiger partial charge in [0.15, 0.2) is 0 Å². The molecule has 1 aromatic carbocycles. The summed E-state index contributed by atoms with van der Waals surface area (Å²) in [5, 5.41) is 5.26. The number of hydrogen-bond donors (Lipinski definition) is 3. The van der Waals surface area contributed by atoms with Gasteiger partial charge in [0.05, 0.1) is 13.2 Å². The number of esters is 1. The highest BCUT2D eigenvalue weighted by atomic mass is 16.5. The fraction of sp³-hybridized carbons (Fsp3) is 0.550. The lowest BCUT2D eigenvalue weighted by Gasteiger charge is -2.20. The maximum Gasteiger partial charge on any atom is 0.407 e. The highest BCUT2D eigenvalue weighted by Crippen LogP contribution is 2.07. The molecule has 0 aromatic heterocycles. The van der Waals surface area contributed by atoms with Gasteiger partial charge >= 0.3 is 12.1 Å². The number of carbonyl (C=O) groups excluding carboxylic acids is 3. The SMILES string of the molecule is COC(=O)[C@H](CC(C)C)NC(=O)[C@@H](N)CCCNC(=O)OCc1ccccc1. The van der Waals surface area contributed by atoms with Crippen LogP contribution in [0.4, 0.5) is 4.79 Å². The zero-order chi connectivity index (χ0) is 20.9. The van der Waals surface area contributed by atoms with E-state index in [1.54, 1.807) is 0 Å². The summed E-state index contributed by atoms with van der Waals surface area (Å²) in [6.45, 7) is 4.43. The van der Waals surface area contributed by atoms with Crippen LogP contribution in [0.15, 0.2) is 30.3 Å². The van der Waals surface area contributed by atoms with Gasteiger partial charge in [-0.25, -0.2) is 9.59 Å². The van der Waals surface area contributed by atoms with Crippen LogP contribution in [-0.4, -0.2) is 43.7 Å². The zero-order valence-corrected chi connectivity index (χ0v) is 16.8. The largest absolute Gasteiger partial charge is 0.467 e. The number of benzene rings is 1. The Bertz CT molecular complexity index is 622. The van der Waals surface area contributed by atoms with Crippen LogP contribution in [0.1, 0.15) is 38.7 Å². The van der Waals surface area contributed by atoms with E-state index in [0.717, 1.165) is 5.56 Å². The van der Waals surface area contributed by atoms with Crippen molar-refractivity contribution in [3.05, 3.63) is 35.9 Å². The number of amides is 2. The van der Waals surface area contributed by atoms with Crippen molar-refractivity contribution >= 4 is 18.0 Å². The van der Waals surface area contributed by atoms with Crippen LogP contribution in [-0.2, 0) is 25.7 Å². The van der Waals surface area contributed by atoms with E-state index in [4.69, 9.17) is 15.2 Å². The molecule has 8 nitrogen and oxygen atoms in total. The molecule has 0 saturated carbocycles. The average Bonchev–Trinajstić information content (AvgIpc) is 2.68. The van der Waals surface area contributed by atoms with Crippen molar-refractivity contribution < 1.29 is 23.9 Å². The molecule has 1 rings (SSSR count). The second-order valence-electron chi connectivity index (χ2n) is 6.95. The third kappa shape index (κ3) is 9.36. The van der Waals surface area contributed by atoms with E-state index in [9.17, 15) is 14.4 Å². The fourth-order valence-corrected chi connectivity index (χ4v) is 2.52. The molecule has 0 aliphatic heterocycles. The summed E-state index contributed by atoms with van der Waals surface area (Å²) in [6, 6.07) is 7.87. The molecule has 156 valence electrons. The summed E-state index contributed by atoms with van der Waals surface area (Å²) >= 11 is 0. The summed E-state index contributed by atoms with van der Waals surface area (Å²) in [5.74, 6) is -0.688. The Hall–Kier alpha value is -2.61. The van der Waals surface area contributed by atoms with Crippen LogP contribution in [0.25, 0.3) is 0 Å². The Kier molecular flexibility index (Phi) is 10.6. The first kappa shape index (κ1) is 23.4. The molecule has 0 saturated heterocycles. The Morgan fingerprint density at radius 1 is 1.14 bits per heavy atom. The molecule has 0 heterocycles. The first-order valence-corrected chi connectivity index (χ1v) is 9.41. The average molecular weight is 393 g/mol. The minimum Gasteiger partial charge on any atom is -0.467 e. The van der Waals surface area contributed by atoms with E-state index in [0.29, 0.717) is 25.8 Å². The van der Waals surface area contributed by atoms with Crippen molar-refractivity contribution in [3.63, 3.8) is 0 Å². The van der Waals surface area contributed by atoms with Crippen LogP contribution in [0, 0.1) is 5.92 Å². The van der Waals surface area contributed by atoms with Crippen molar-refractivity contribution in [2.45, 2.75) is 51.8 Å². The maximum absolute atomic E-state index is 12.2. The van der Waals surface area contributed by atoms with E-state index in [1.165, 1.54) is 7.11 Å². The lowest BCUT2D eigenvalue weighted by Crippen LogP contribution is -2.49. The normalized spacial score (nSPS) is 12.8. The first-order valence-electron chi connectivity index (χ1n) is 9.41. The molecule has 2 atom stereocenters. The highest BCUT2D eigenvalue weighted by molar-refractivity contribution is 5.87. The highest BCUT2D eigenvalue weighted by Gasteiger charge is 2.25. The third-order valence-corrected chi connectivity index (χ3v) is 4.02. The predicted molar refractivity (Wildman–Crippen MR) is 105 cm³/mol. The maximum atomic E-state index is 12.2. The van der Waals surface area contributed by atoms with E-state index in [-0.39, 0.29) is 12.5 Å². The van der Waals surface area contributed by atoms with Crippen molar-refractivity contribution in [1.29, 1.82) is 0 Å². The molecule has 1 aromatic rings. The lowest BCUT2D eigenvalue weighted by atomic mass is 10.0. The molecular weight excluding hydrogens is 362 g/mol. The number of nitrogens with two attached hydrogens (primary N) is 1. The molecule has 4 N–H and O–H groups in total. The van der Waals surface area contributed by atoms with Gasteiger partial charge in [0.1, 0.15) is 12.6 Å². The van der Waals surface area contributed by atoms with Crippen molar-refractivity contribution in [2.75, 3.05) is 13.7 Å². The molecule has 8 heteroatoms. The number of methoxy groups -OCH3 is 1. The Morgan fingerprint density at radius 3 is 2.43 bits per heavy atom.